The molecule has 1 aromatic carbocycles. The highest BCUT2D eigenvalue weighted by Gasteiger charge is 2.35. The zero-order valence-corrected chi connectivity index (χ0v) is 14.6. The predicted molar refractivity (Wildman–Crippen MR) is 92.1 cm³/mol. The van der Waals surface area contributed by atoms with Crippen LogP contribution in [0.25, 0.3) is 10.9 Å². The highest BCUT2D eigenvalue weighted by Crippen LogP contribution is 2.30. The molecule has 0 saturated carbocycles. The van der Waals surface area contributed by atoms with E-state index in [9.17, 15) is 18.0 Å². The highest BCUT2D eigenvalue weighted by molar-refractivity contribution is 6.04. The maximum Gasteiger partial charge on any atom is 0.435 e. The van der Waals surface area contributed by atoms with Crippen LogP contribution in [-0.2, 0) is 13.2 Å². The second-order valence-electron chi connectivity index (χ2n) is 6.69. The van der Waals surface area contributed by atoms with Crippen molar-refractivity contribution < 1.29 is 18.0 Å². The third-order valence-electron chi connectivity index (χ3n) is 4.98. The summed E-state index contributed by atoms with van der Waals surface area (Å²) in [5, 5.41) is 8.81. The molecule has 1 amide bonds. The molecule has 0 aliphatic carbocycles. The molecule has 0 bridgehead atoms. The largest absolute Gasteiger partial charge is 0.435 e. The summed E-state index contributed by atoms with van der Waals surface area (Å²) in [5.74, 6) is -0.151. The van der Waals surface area contributed by atoms with Gasteiger partial charge in [-0.05, 0) is 25.0 Å². The topological polar surface area (TPSA) is 56.0 Å². The van der Waals surface area contributed by atoms with Gasteiger partial charge in [-0.25, -0.2) is 0 Å². The molecular formula is C18H18F3N5O. The normalized spacial score (nSPS) is 16.2. The van der Waals surface area contributed by atoms with Crippen LogP contribution in [-0.4, -0.2) is 43.5 Å². The van der Waals surface area contributed by atoms with E-state index in [1.54, 1.807) is 16.6 Å². The van der Waals surface area contributed by atoms with Crippen molar-refractivity contribution in [1.82, 2.24) is 24.5 Å². The molecule has 1 fully saturated rings. The number of rotatable bonds is 2. The van der Waals surface area contributed by atoms with Crippen molar-refractivity contribution >= 4 is 16.8 Å². The number of halogens is 3. The van der Waals surface area contributed by atoms with Crippen LogP contribution in [0.1, 0.15) is 35.1 Å². The standard InChI is InChI=1S/C18H18F3N5O/c1-24-14-5-3-2-4-13(14)16(23-24)17(27)25-9-6-12(7-10-25)26-11-8-15(22-26)18(19,20)21/h2-5,8,11-12H,6-7,9-10H2,1H3. The Morgan fingerprint density at radius 3 is 2.48 bits per heavy atom. The van der Waals surface area contributed by atoms with Crippen LogP contribution in [0.15, 0.2) is 36.5 Å². The Morgan fingerprint density at radius 1 is 1.11 bits per heavy atom. The van der Waals surface area contributed by atoms with Crippen LogP contribution in [0.4, 0.5) is 13.2 Å². The first-order valence-corrected chi connectivity index (χ1v) is 8.68. The van der Waals surface area contributed by atoms with Crippen molar-refractivity contribution in [2.45, 2.75) is 25.1 Å². The maximum atomic E-state index is 12.9. The third kappa shape index (κ3) is 3.17. The summed E-state index contributed by atoms with van der Waals surface area (Å²) in [6.07, 6.45) is -1.98. The zero-order chi connectivity index (χ0) is 19.2. The van der Waals surface area contributed by atoms with Crippen molar-refractivity contribution in [3.8, 4) is 0 Å². The van der Waals surface area contributed by atoms with Crippen LogP contribution in [0.2, 0.25) is 0 Å². The number of amides is 1. The quantitative estimate of drug-likeness (QED) is 0.689. The van der Waals surface area contributed by atoms with Crippen LogP contribution in [0.3, 0.4) is 0 Å². The number of fused-ring (bicyclic) bond motifs is 1. The second-order valence-corrected chi connectivity index (χ2v) is 6.69. The molecule has 0 N–H and O–H groups in total. The van der Waals surface area contributed by atoms with Gasteiger partial charge in [0.15, 0.2) is 11.4 Å². The van der Waals surface area contributed by atoms with Gasteiger partial charge in [0, 0.05) is 31.7 Å². The monoisotopic (exact) mass is 377 g/mol. The van der Waals surface area contributed by atoms with Gasteiger partial charge in [-0.2, -0.15) is 23.4 Å². The second kappa shape index (κ2) is 6.40. The molecule has 0 atom stereocenters. The van der Waals surface area contributed by atoms with Gasteiger partial charge in [-0.15, -0.1) is 0 Å². The first-order valence-electron chi connectivity index (χ1n) is 8.68. The minimum atomic E-state index is -4.44. The Bertz CT molecular complexity index is 982. The molecule has 0 spiro atoms. The Balaban J connectivity index is 1.47. The SMILES string of the molecule is Cn1nc(C(=O)N2CCC(n3ccc(C(F)(F)F)n3)CC2)c2ccccc21. The molecule has 27 heavy (non-hydrogen) atoms. The first-order chi connectivity index (χ1) is 12.8. The Kier molecular flexibility index (Phi) is 4.16. The predicted octanol–water partition coefficient (Wildman–Crippen LogP) is 3.27. The summed E-state index contributed by atoms with van der Waals surface area (Å²) in [6, 6.07) is 8.36. The maximum absolute atomic E-state index is 12.9. The van der Waals surface area contributed by atoms with Crippen molar-refractivity contribution in [3.05, 3.63) is 47.9 Å². The number of hydrogen-bond acceptors (Lipinski definition) is 3. The Morgan fingerprint density at radius 2 is 1.81 bits per heavy atom. The fourth-order valence-electron chi connectivity index (χ4n) is 3.55. The smallest absolute Gasteiger partial charge is 0.337 e. The number of aryl methyl sites for hydroxylation is 1. The summed E-state index contributed by atoms with van der Waals surface area (Å²) >= 11 is 0. The van der Waals surface area contributed by atoms with E-state index < -0.39 is 11.9 Å². The number of carbonyl (C=O) groups is 1. The number of nitrogens with zero attached hydrogens (tertiary/aromatic N) is 5. The van der Waals surface area contributed by atoms with Crippen LogP contribution in [0.5, 0.6) is 0 Å². The van der Waals surface area contributed by atoms with E-state index in [2.05, 4.69) is 10.2 Å². The molecule has 2 aromatic heterocycles. The lowest BCUT2D eigenvalue weighted by molar-refractivity contribution is -0.141. The lowest BCUT2D eigenvalue weighted by atomic mass is 10.0. The Hall–Kier alpha value is -2.84. The van der Waals surface area contributed by atoms with Gasteiger partial charge in [0.2, 0.25) is 0 Å². The lowest BCUT2D eigenvalue weighted by Crippen LogP contribution is -2.39. The number of aromatic nitrogens is 4. The van der Waals surface area contributed by atoms with Gasteiger partial charge in [0.1, 0.15) is 0 Å². The van der Waals surface area contributed by atoms with E-state index in [-0.39, 0.29) is 11.9 Å². The highest BCUT2D eigenvalue weighted by atomic mass is 19.4. The van der Waals surface area contributed by atoms with Gasteiger partial charge in [-0.3, -0.25) is 14.2 Å². The molecule has 1 saturated heterocycles. The molecule has 0 radical (unpaired) electrons. The van der Waals surface area contributed by atoms with E-state index in [0.717, 1.165) is 17.0 Å². The molecular weight excluding hydrogens is 359 g/mol. The van der Waals surface area contributed by atoms with Crippen LogP contribution >= 0.6 is 0 Å². The van der Waals surface area contributed by atoms with Crippen molar-refractivity contribution in [1.29, 1.82) is 0 Å². The fourth-order valence-corrected chi connectivity index (χ4v) is 3.55. The zero-order valence-electron chi connectivity index (χ0n) is 14.6. The summed E-state index contributed by atoms with van der Waals surface area (Å²) in [7, 11) is 1.79. The molecule has 6 nitrogen and oxygen atoms in total. The number of likely N-dealkylation sites (tertiary alicyclic amines) is 1. The number of benzene rings is 1. The molecule has 9 heteroatoms. The van der Waals surface area contributed by atoms with Gasteiger partial charge in [0.05, 0.1) is 11.6 Å². The van der Waals surface area contributed by atoms with Crippen molar-refractivity contribution in [3.63, 3.8) is 0 Å². The van der Waals surface area contributed by atoms with Crippen molar-refractivity contribution in [2.75, 3.05) is 13.1 Å². The van der Waals surface area contributed by atoms with Gasteiger partial charge < -0.3 is 4.90 Å². The molecule has 1 aliphatic heterocycles. The minimum Gasteiger partial charge on any atom is -0.337 e. The van der Waals surface area contributed by atoms with E-state index in [1.165, 1.54) is 10.9 Å². The average Bonchev–Trinajstić information content (AvgIpc) is 3.27. The summed E-state index contributed by atoms with van der Waals surface area (Å²) in [6.45, 7) is 0.908. The number of alkyl halides is 3. The molecule has 3 heterocycles. The summed E-state index contributed by atoms with van der Waals surface area (Å²) in [5.41, 5.74) is 0.401. The first kappa shape index (κ1) is 17.6. The van der Waals surface area contributed by atoms with Gasteiger partial charge in [-0.1, -0.05) is 18.2 Å². The minimum absolute atomic E-state index is 0.148. The molecule has 4 rings (SSSR count). The van der Waals surface area contributed by atoms with Gasteiger partial charge >= 0.3 is 6.18 Å². The van der Waals surface area contributed by atoms with Gasteiger partial charge in [0.25, 0.3) is 5.91 Å². The molecule has 3 aromatic rings. The molecule has 1 aliphatic rings. The number of piperidine rings is 1. The molecule has 0 unspecified atom stereocenters. The lowest BCUT2D eigenvalue weighted by Gasteiger charge is -2.31. The Labute approximate surface area is 153 Å². The molecule has 142 valence electrons. The number of carbonyl (C=O) groups excluding carboxylic acids is 1. The summed E-state index contributed by atoms with van der Waals surface area (Å²) < 4.78 is 41.2. The average molecular weight is 377 g/mol. The van der Waals surface area contributed by atoms with E-state index in [4.69, 9.17) is 0 Å². The van der Waals surface area contributed by atoms with E-state index in [0.29, 0.717) is 31.6 Å². The van der Waals surface area contributed by atoms with E-state index >= 15 is 0 Å². The fraction of sp³-hybridized carbons (Fsp3) is 0.389. The number of para-hydroxylation sites is 1. The van der Waals surface area contributed by atoms with E-state index in [1.807, 2.05) is 24.3 Å². The van der Waals surface area contributed by atoms with Crippen LogP contribution < -0.4 is 0 Å². The van der Waals surface area contributed by atoms with Crippen LogP contribution in [0, 0.1) is 0 Å². The third-order valence-corrected chi connectivity index (χ3v) is 4.98. The number of hydrogen-bond donors (Lipinski definition) is 0. The summed E-state index contributed by atoms with van der Waals surface area (Å²) in [4.78, 5) is 14.6. The van der Waals surface area contributed by atoms with Crippen molar-refractivity contribution in [2.24, 2.45) is 7.05 Å².